The summed E-state index contributed by atoms with van der Waals surface area (Å²) in [5.41, 5.74) is 7.00. The number of likely N-dealkylation sites (N-methyl/N-ethyl adjacent to an activating group) is 1. The van der Waals surface area contributed by atoms with Gasteiger partial charge < -0.3 is 29.7 Å². The molecule has 5 aliphatic heterocycles. The third-order valence-electron chi connectivity index (χ3n) is 14.1. The van der Waals surface area contributed by atoms with Crippen LogP contribution in [0.25, 0.3) is 0 Å². The van der Waals surface area contributed by atoms with E-state index in [0.29, 0.717) is 49.1 Å². The van der Waals surface area contributed by atoms with Gasteiger partial charge in [-0.05, 0) is 63.9 Å². The van der Waals surface area contributed by atoms with Crippen LogP contribution in [0.4, 0.5) is 0 Å². The number of esters is 2. The van der Waals surface area contributed by atoms with Crippen LogP contribution in [0, 0.1) is 35.5 Å². The lowest BCUT2D eigenvalue weighted by Crippen LogP contribution is -2.96. The molecule has 14 atom stereocenters. The SMILES string of the molecule is CC=C(C)C(=O)O[C@@]1(C)CC=C2CSS[C@H]3C=C[C@H]([NH2+]C)[C@@H]4CN(C(=O)CC5C[NH2+]C(N)CC5[C@H]2[C@@]12CC1CC5CCC(=O)OC5CC1O2)[C@H]43. The number of hydrogen-bond donors (Lipinski definition) is 3. The van der Waals surface area contributed by atoms with E-state index in [2.05, 4.69) is 47.7 Å². The number of hydrogen-bond acceptors (Lipinski definition) is 9. The fraction of sp³-hybridized carbons (Fsp3) is 0.763. The van der Waals surface area contributed by atoms with Crippen LogP contribution in [0.5, 0.6) is 0 Å². The lowest BCUT2D eigenvalue weighted by atomic mass is 9.56. The van der Waals surface area contributed by atoms with Crippen LogP contribution in [0.1, 0.15) is 72.1 Å². The molecule has 7 unspecified atom stereocenters. The van der Waals surface area contributed by atoms with E-state index in [9.17, 15) is 14.4 Å². The Balaban J connectivity index is 1.20. The first-order valence-corrected chi connectivity index (χ1v) is 21.5. The average Bonchev–Trinajstić information content (AvgIpc) is 3.45. The Morgan fingerprint density at radius 3 is 2.80 bits per heavy atom. The summed E-state index contributed by atoms with van der Waals surface area (Å²) in [6.07, 6.45) is 14.1. The third kappa shape index (κ3) is 5.82. The van der Waals surface area contributed by atoms with Crippen LogP contribution < -0.4 is 16.4 Å². The predicted molar refractivity (Wildman–Crippen MR) is 192 cm³/mol. The number of ether oxygens (including phenoxy) is 3. The number of fused-ring (bicyclic) bond motifs is 6. The van der Waals surface area contributed by atoms with Crippen molar-refractivity contribution in [3.63, 3.8) is 0 Å². The Labute approximate surface area is 304 Å². The highest BCUT2D eigenvalue weighted by Crippen LogP contribution is 2.62. The molecule has 5 heterocycles. The summed E-state index contributed by atoms with van der Waals surface area (Å²) in [5, 5.41) is 4.76. The minimum absolute atomic E-state index is 0.0684. The Hall–Kier alpha value is -1.83. The highest BCUT2D eigenvalue weighted by atomic mass is 33.1. The van der Waals surface area contributed by atoms with Crippen molar-refractivity contribution in [1.29, 1.82) is 0 Å². The van der Waals surface area contributed by atoms with E-state index in [0.717, 1.165) is 44.5 Å². The molecule has 0 aromatic rings. The zero-order chi connectivity index (χ0) is 34.9. The predicted octanol–water partition coefficient (Wildman–Crippen LogP) is 2.06. The number of quaternary nitrogens is 2. The maximum Gasteiger partial charge on any atom is 0.334 e. The van der Waals surface area contributed by atoms with Gasteiger partial charge in [-0.3, -0.25) is 15.3 Å². The fourth-order valence-electron chi connectivity index (χ4n) is 11.3. The molecular weight excluding hydrogens is 673 g/mol. The first kappa shape index (κ1) is 35.2. The molecule has 50 heavy (non-hydrogen) atoms. The van der Waals surface area contributed by atoms with Gasteiger partial charge in [0.1, 0.15) is 29.5 Å². The summed E-state index contributed by atoms with van der Waals surface area (Å²) in [4.78, 5) is 42.6. The maximum atomic E-state index is 14.4. The van der Waals surface area contributed by atoms with Crippen molar-refractivity contribution in [3.05, 3.63) is 35.5 Å². The van der Waals surface area contributed by atoms with Crippen LogP contribution in [-0.2, 0) is 28.6 Å². The Morgan fingerprint density at radius 2 is 2.00 bits per heavy atom. The van der Waals surface area contributed by atoms with Gasteiger partial charge in [-0.15, -0.1) is 0 Å². The molecule has 274 valence electrons. The molecule has 8 aliphatic rings. The van der Waals surface area contributed by atoms with E-state index in [1.165, 1.54) is 5.57 Å². The van der Waals surface area contributed by atoms with Crippen molar-refractivity contribution in [2.24, 2.45) is 41.2 Å². The van der Waals surface area contributed by atoms with Crippen LogP contribution in [-0.4, -0.2) is 95.5 Å². The van der Waals surface area contributed by atoms with Gasteiger partial charge in [0, 0.05) is 61.8 Å². The van der Waals surface area contributed by atoms with Crippen LogP contribution in [0.2, 0.25) is 0 Å². The molecule has 1 saturated carbocycles. The monoisotopic (exact) mass is 728 g/mol. The molecule has 0 bridgehead atoms. The van der Waals surface area contributed by atoms with Gasteiger partial charge >= 0.3 is 11.9 Å². The molecule has 0 aromatic carbocycles. The molecule has 0 aromatic heterocycles. The molecule has 6 N–H and O–H groups in total. The second-order valence-electron chi connectivity index (χ2n) is 16.7. The molecule has 6 fully saturated rings. The number of piperidine rings is 1. The van der Waals surface area contributed by atoms with Crippen molar-refractivity contribution < 1.29 is 39.2 Å². The number of amides is 1. The van der Waals surface area contributed by atoms with Gasteiger partial charge in [0.15, 0.2) is 0 Å². The molecule has 0 radical (unpaired) electrons. The van der Waals surface area contributed by atoms with Gasteiger partial charge in [-0.2, -0.15) is 0 Å². The number of carbonyl (C=O) groups is 3. The number of rotatable bonds is 3. The Morgan fingerprint density at radius 1 is 1.16 bits per heavy atom. The normalized spacial score (nSPS) is 47.2. The summed E-state index contributed by atoms with van der Waals surface area (Å²) in [6, 6.07) is 0.651. The van der Waals surface area contributed by atoms with Crippen LogP contribution in [0.15, 0.2) is 35.5 Å². The van der Waals surface area contributed by atoms with E-state index in [1.807, 2.05) is 41.5 Å². The van der Waals surface area contributed by atoms with Gasteiger partial charge in [0.05, 0.1) is 36.9 Å². The van der Waals surface area contributed by atoms with E-state index in [1.54, 1.807) is 0 Å². The summed E-state index contributed by atoms with van der Waals surface area (Å²) in [5.74, 6) is 1.90. The lowest BCUT2D eigenvalue weighted by molar-refractivity contribution is -0.706. The standard InChI is InChI=1S/C38H54N4O6S2/c1-5-20(2)36(45)48-37(3)11-10-22-19-49-50-30-8-7-27(40-4)26-18-42(35(26)30)32(43)13-24-17-41-31(39)14-25(24)34(22)38(37)16-23-12-21-6-9-33(44)46-28(21)15-29(23)47-38/h5,7-8,10,21,23-31,34-35,40-41H,6,9,11-19,39H2,1-4H3/p+2/t21?,23?,24?,25?,26-,27-,28?,29?,30-,31?,34-,35+,37-,38-/m0/s1. The van der Waals surface area contributed by atoms with E-state index >= 15 is 0 Å². The van der Waals surface area contributed by atoms with Crippen LogP contribution in [0.3, 0.4) is 0 Å². The van der Waals surface area contributed by atoms with Crippen molar-refractivity contribution in [1.82, 2.24) is 4.90 Å². The fourth-order valence-corrected chi connectivity index (χ4v) is 14.2. The first-order valence-electron chi connectivity index (χ1n) is 19.1. The second-order valence-corrected chi connectivity index (χ2v) is 19.2. The number of carbonyl (C=O) groups excluding carboxylic acids is 3. The summed E-state index contributed by atoms with van der Waals surface area (Å²) >= 11 is 0. The van der Waals surface area contributed by atoms with E-state index in [-0.39, 0.29) is 71.2 Å². The lowest BCUT2D eigenvalue weighted by Gasteiger charge is -2.57. The van der Waals surface area contributed by atoms with E-state index in [4.69, 9.17) is 19.9 Å². The molecule has 1 spiro atoms. The summed E-state index contributed by atoms with van der Waals surface area (Å²) < 4.78 is 20.1. The first-order chi connectivity index (χ1) is 24.0. The maximum absolute atomic E-state index is 14.4. The molecule has 10 nitrogen and oxygen atoms in total. The zero-order valence-corrected chi connectivity index (χ0v) is 31.6. The number of nitrogens with zero attached hydrogens (tertiary/aromatic N) is 1. The minimum Gasteiger partial charge on any atom is -0.462 e. The topological polar surface area (TPSA) is 141 Å². The van der Waals surface area contributed by atoms with Gasteiger partial charge in [-0.25, -0.2) is 4.79 Å². The Bertz CT molecular complexity index is 1490. The number of nitrogens with two attached hydrogens (primary N) is 3. The molecular formula is C38H56N4O6S2+2. The van der Waals surface area contributed by atoms with Crippen molar-refractivity contribution in [3.8, 4) is 0 Å². The molecule has 1 amide bonds. The van der Waals surface area contributed by atoms with E-state index < -0.39 is 11.2 Å². The zero-order valence-electron chi connectivity index (χ0n) is 30.0. The average molecular weight is 729 g/mol. The highest BCUT2D eigenvalue weighted by Gasteiger charge is 2.68. The molecule has 3 aliphatic carbocycles. The van der Waals surface area contributed by atoms with Crippen molar-refractivity contribution >= 4 is 39.4 Å². The second kappa shape index (κ2) is 13.5. The largest absolute Gasteiger partial charge is 0.462 e. The van der Waals surface area contributed by atoms with Crippen molar-refractivity contribution in [2.75, 3.05) is 25.9 Å². The quantitative estimate of drug-likeness (QED) is 0.173. The highest BCUT2D eigenvalue weighted by molar-refractivity contribution is 8.77. The molecule has 12 heteroatoms. The minimum atomic E-state index is -0.927. The van der Waals surface area contributed by atoms with Crippen LogP contribution >= 0.6 is 21.6 Å². The van der Waals surface area contributed by atoms with Gasteiger partial charge in [-0.1, -0.05) is 45.4 Å². The summed E-state index contributed by atoms with van der Waals surface area (Å²) in [6.45, 7) is 7.38. The molecule has 8 rings (SSSR count). The van der Waals surface area contributed by atoms with Gasteiger partial charge in [0.25, 0.3) is 0 Å². The third-order valence-corrected chi connectivity index (χ3v) is 16.8. The Kier molecular flexibility index (Phi) is 9.54. The number of allylic oxidation sites excluding steroid dienone is 1. The smallest absolute Gasteiger partial charge is 0.334 e. The summed E-state index contributed by atoms with van der Waals surface area (Å²) in [7, 11) is 5.94. The van der Waals surface area contributed by atoms with Gasteiger partial charge in [0.2, 0.25) is 5.91 Å². The molecule has 5 saturated heterocycles. The van der Waals surface area contributed by atoms with Crippen molar-refractivity contribution in [2.45, 2.75) is 119 Å².